The Morgan fingerprint density at radius 1 is 1.22 bits per heavy atom. The van der Waals surface area contributed by atoms with E-state index in [2.05, 4.69) is 25.1 Å². The Bertz CT molecular complexity index is 1080. The van der Waals surface area contributed by atoms with Crippen molar-refractivity contribution < 1.29 is 42.8 Å². The number of benzene rings is 1. The Labute approximate surface area is 180 Å². The number of carbonyl (C=O) groups is 2. The standard InChI is InChI=1S/C20H19F2N3O7/c1-19(9-30-13-6-15-14(5-11(13)19)31-20(21,22)32-15)18(29)25-16-4-2-3-12(24-16)17(28)23-7-10(27)8-26/h2-6,10,26-27H,7-9H2,1H3,(H,23,28)(H,24,25,29)/t10-,19?/m1/s1. The van der Waals surface area contributed by atoms with Crippen LogP contribution in [0.25, 0.3) is 0 Å². The molecule has 0 aliphatic carbocycles. The fourth-order valence-electron chi connectivity index (χ4n) is 3.27. The predicted octanol–water partition coefficient (Wildman–Crippen LogP) is 0.775. The third-order valence-corrected chi connectivity index (χ3v) is 5.05. The number of nitrogens with one attached hydrogen (secondary N) is 2. The summed E-state index contributed by atoms with van der Waals surface area (Å²) in [4.78, 5) is 29.3. The van der Waals surface area contributed by atoms with Crippen LogP contribution in [0.5, 0.6) is 17.2 Å². The molecule has 12 heteroatoms. The van der Waals surface area contributed by atoms with E-state index < -0.39 is 36.2 Å². The van der Waals surface area contributed by atoms with Gasteiger partial charge in [0.1, 0.15) is 29.3 Å². The molecule has 10 nitrogen and oxygen atoms in total. The number of hydrogen-bond acceptors (Lipinski definition) is 8. The number of rotatable bonds is 6. The number of hydrogen-bond donors (Lipinski definition) is 4. The molecule has 1 aromatic carbocycles. The topological polar surface area (TPSA) is 139 Å². The molecule has 2 amide bonds. The molecule has 0 spiro atoms. The monoisotopic (exact) mass is 451 g/mol. The van der Waals surface area contributed by atoms with Crippen molar-refractivity contribution in [1.82, 2.24) is 10.3 Å². The van der Waals surface area contributed by atoms with Gasteiger partial charge in [-0.1, -0.05) is 6.07 Å². The lowest BCUT2D eigenvalue weighted by molar-refractivity contribution is -0.286. The van der Waals surface area contributed by atoms with E-state index in [-0.39, 0.29) is 41.9 Å². The summed E-state index contributed by atoms with van der Waals surface area (Å²) in [6.07, 6.45) is -4.91. The van der Waals surface area contributed by atoms with Gasteiger partial charge in [-0.15, -0.1) is 8.78 Å². The first-order valence-electron chi connectivity index (χ1n) is 9.54. The quantitative estimate of drug-likeness (QED) is 0.505. The van der Waals surface area contributed by atoms with E-state index in [1.165, 1.54) is 30.3 Å². The van der Waals surface area contributed by atoms with Crippen LogP contribution in [-0.4, -0.2) is 59.2 Å². The number of halogens is 2. The van der Waals surface area contributed by atoms with E-state index in [9.17, 15) is 23.5 Å². The Balaban J connectivity index is 1.51. The molecule has 4 rings (SSSR count). The van der Waals surface area contributed by atoms with E-state index in [1.54, 1.807) is 6.92 Å². The second-order valence-electron chi connectivity index (χ2n) is 7.49. The van der Waals surface area contributed by atoms with Gasteiger partial charge in [-0.25, -0.2) is 4.98 Å². The molecule has 2 aromatic rings. The highest BCUT2D eigenvalue weighted by atomic mass is 19.3. The molecular formula is C20H19F2N3O7. The van der Waals surface area contributed by atoms with Gasteiger partial charge >= 0.3 is 6.29 Å². The minimum Gasteiger partial charge on any atom is -0.492 e. The average molecular weight is 451 g/mol. The van der Waals surface area contributed by atoms with Crippen LogP contribution >= 0.6 is 0 Å². The minimum atomic E-state index is -3.80. The molecule has 2 atom stereocenters. The molecule has 1 aromatic heterocycles. The van der Waals surface area contributed by atoms with Gasteiger partial charge in [0, 0.05) is 18.2 Å². The molecule has 2 aliphatic rings. The van der Waals surface area contributed by atoms with Crippen LogP contribution in [-0.2, 0) is 10.2 Å². The summed E-state index contributed by atoms with van der Waals surface area (Å²) in [6, 6.07) is 6.90. The van der Waals surface area contributed by atoms with Crippen LogP contribution in [0, 0.1) is 0 Å². The summed E-state index contributed by atoms with van der Waals surface area (Å²) in [5.74, 6) is -1.26. The molecule has 0 radical (unpaired) electrons. The van der Waals surface area contributed by atoms with Crippen molar-refractivity contribution in [3.05, 3.63) is 41.6 Å². The first-order chi connectivity index (χ1) is 15.1. The fraction of sp³-hybridized carbons (Fsp3) is 0.350. The van der Waals surface area contributed by atoms with E-state index in [0.29, 0.717) is 5.56 Å². The molecule has 0 fully saturated rings. The van der Waals surface area contributed by atoms with Gasteiger partial charge in [-0.05, 0) is 25.1 Å². The first-order valence-corrected chi connectivity index (χ1v) is 9.54. The van der Waals surface area contributed by atoms with Gasteiger partial charge in [0.25, 0.3) is 5.91 Å². The lowest BCUT2D eigenvalue weighted by atomic mass is 9.83. The number of aliphatic hydroxyl groups is 2. The summed E-state index contributed by atoms with van der Waals surface area (Å²) in [6.45, 7) is 0.826. The van der Waals surface area contributed by atoms with Crippen molar-refractivity contribution in [2.45, 2.75) is 24.7 Å². The Morgan fingerprint density at radius 2 is 1.94 bits per heavy atom. The summed E-state index contributed by atoms with van der Waals surface area (Å²) in [5, 5.41) is 23.1. The van der Waals surface area contributed by atoms with Crippen molar-refractivity contribution in [2.24, 2.45) is 0 Å². The maximum absolute atomic E-state index is 13.4. The van der Waals surface area contributed by atoms with Gasteiger partial charge < -0.3 is 35.1 Å². The number of alkyl halides is 2. The first kappa shape index (κ1) is 21.7. The van der Waals surface area contributed by atoms with Gasteiger partial charge in [0.05, 0.1) is 12.7 Å². The maximum Gasteiger partial charge on any atom is 0.586 e. The highest BCUT2D eigenvalue weighted by molar-refractivity contribution is 6.00. The lowest BCUT2D eigenvalue weighted by Crippen LogP contribution is -2.39. The normalized spacial score (nSPS) is 20.8. The predicted molar refractivity (Wildman–Crippen MR) is 104 cm³/mol. The van der Waals surface area contributed by atoms with Crippen LogP contribution < -0.4 is 24.8 Å². The van der Waals surface area contributed by atoms with Crippen molar-refractivity contribution in [3.8, 4) is 17.2 Å². The number of pyridine rings is 1. The number of fused-ring (bicyclic) bond motifs is 2. The summed E-state index contributed by atoms with van der Waals surface area (Å²) < 4.78 is 41.1. The zero-order chi connectivity index (χ0) is 23.1. The second-order valence-corrected chi connectivity index (χ2v) is 7.49. The molecule has 32 heavy (non-hydrogen) atoms. The van der Waals surface area contributed by atoms with Gasteiger partial charge in [0.15, 0.2) is 11.5 Å². The largest absolute Gasteiger partial charge is 0.586 e. The number of ether oxygens (including phenoxy) is 3. The average Bonchev–Trinajstić information content (AvgIpc) is 3.25. The number of aliphatic hydroxyl groups excluding tert-OH is 2. The Morgan fingerprint density at radius 3 is 2.66 bits per heavy atom. The molecule has 0 saturated carbocycles. The molecule has 2 aliphatic heterocycles. The van der Waals surface area contributed by atoms with E-state index in [4.69, 9.17) is 9.84 Å². The molecular weight excluding hydrogens is 432 g/mol. The highest BCUT2D eigenvalue weighted by Crippen LogP contribution is 2.49. The zero-order valence-corrected chi connectivity index (χ0v) is 16.7. The second kappa shape index (κ2) is 7.88. The van der Waals surface area contributed by atoms with Crippen LogP contribution in [0.15, 0.2) is 30.3 Å². The minimum absolute atomic E-state index is 0.0215. The van der Waals surface area contributed by atoms with Crippen molar-refractivity contribution in [3.63, 3.8) is 0 Å². The molecule has 170 valence electrons. The lowest BCUT2D eigenvalue weighted by Gasteiger charge is -2.21. The third-order valence-electron chi connectivity index (χ3n) is 5.05. The smallest absolute Gasteiger partial charge is 0.492 e. The van der Waals surface area contributed by atoms with Gasteiger partial charge in [0.2, 0.25) is 5.91 Å². The molecule has 0 bridgehead atoms. The Hall–Kier alpha value is -3.51. The molecule has 1 unspecified atom stereocenters. The van der Waals surface area contributed by atoms with E-state index in [1.807, 2.05) is 0 Å². The summed E-state index contributed by atoms with van der Waals surface area (Å²) in [5.41, 5.74) is -0.940. The van der Waals surface area contributed by atoms with E-state index >= 15 is 0 Å². The maximum atomic E-state index is 13.4. The number of carbonyl (C=O) groups excluding carboxylic acids is 2. The third kappa shape index (κ3) is 4.01. The van der Waals surface area contributed by atoms with Crippen LogP contribution in [0.2, 0.25) is 0 Å². The highest BCUT2D eigenvalue weighted by Gasteiger charge is 2.49. The van der Waals surface area contributed by atoms with Gasteiger partial charge in [-0.3, -0.25) is 9.59 Å². The van der Waals surface area contributed by atoms with Crippen LogP contribution in [0.1, 0.15) is 23.0 Å². The Kier molecular flexibility index (Phi) is 5.34. The van der Waals surface area contributed by atoms with Gasteiger partial charge in [-0.2, -0.15) is 0 Å². The summed E-state index contributed by atoms with van der Waals surface area (Å²) in [7, 11) is 0. The number of amides is 2. The number of anilines is 1. The number of nitrogens with zero attached hydrogens (tertiary/aromatic N) is 1. The van der Waals surface area contributed by atoms with Crippen molar-refractivity contribution in [2.75, 3.05) is 25.1 Å². The zero-order valence-electron chi connectivity index (χ0n) is 16.7. The van der Waals surface area contributed by atoms with Crippen molar-refractivity contribution >= 4 is 17.6 Å². The van der Waals surface area contributed by atoms with E-state index in [0.717, 1.165) is 0 Å². The SMILES string of the molecule is CC1(C(=O)Nc2cccc(C(=O)NC[C@@H](O)CO)n2)COc2cc3c(cc21)OC(F)(F)O3. The molecule has 4 N–H and O–H groups in total. The fourth-order valence-corrected chi connectivity index (χ4v) is 3.27. The summed E-state index contributed by atoms with van der Waals surface area (Å²) >= 11 is 0. The molecule has 0 saturated heterocycles. The van der Waals surface area contributed by atoms with Crippen molar-refractivity contribution in [1.29, 1.82) is 0 Å². The molecule has 3 heterocycles. The number of aromatic nitrogens is 1. The van der Waals surface area contributed by atoms with Crippen LogP contribution in [0.3, 0.4) is 0 Å². The van der Waals surface area contributed by atoms with Crippen LogP contribution in [0.4, 0.5) is 14.6 Å².